The highest BCUT2D eigenvalue weighted by atomic mass is 16.1. The van der Waals surface area contributed by atoms with Crippen LogP contribution in [0.5, 0.6) is 0 Å². The van der Waals surface area contributed by atoms with Gasteiger partial charge >= 0.3 is 0 Å². The van der Waals surface area contributed by atoms with Crippen molar-refractivity contribution in [2.75, 3.05) is 5.73 Å². The summed E-state index contributed by atoms with van der Waals surface area (Å²) in [6, 6.07) is 1.54. The normalized spacial score (nSPS) is 10.6. The van der Waals surface area contributed by atoms with E-state index in [2.05, 4.69) is 15.1 Å². The zero-order chi connectivity index (χ0) is 14.0. The number of aromatic nitrogens is 4. The summed E-state index contributed by atoms with van der Waals surface area (Å²) in [5.74, 6) is 1.08. The second kappa shape index (κ2) is 5.05. The van der Waals surface area contributed by atoms with Gasteiger partial charge in [-0.1, -0.05) is 6.92 Å². The lowest BCUT2D eigenvalue weighted by Gasteiger charge is -2.09. The summed E-state index contributed by atoms with van der Waals surface area (Å²) < 4.78 is 1.49. The number of hydrogen-bond donors (Lipinski definition) is 2. The van der Waals surface area contributed by atoms with Gasteiger partial charge in [0, 0.05) is 18.2 Å². The zero-order valence-electron chi connectivity index (χ0n) is 10.9. The SMILES string of the molecule is CCCc1nc(N)c(C)c(-n2ccc(C(N)=O)n2)n1. The van der Waals surface area contributed by atoms with Crippen molar-refractivity contribution in [3.8, 4) is 5.82 Å². The van der Waals surface area contributed by atoms with Gasteiger partial charge in [-0.3, -0.25) is 4.79 Å². The molecule has 0 unspecified atom stereocenters. The first-order valence-electron chi connectivity index (χ1n) is 6.01. The molecule has 0 aliphatic carbocycles. The number of nitrogens with two attached hydrogens (primary N) is 2. The number of aryl methyl sites for hydroxylation is 1. The summed E-state index contributed by atoms with van der Waals surface area (Å²) >= 11 is 0. The second-order valence-electron chi connectivity index (χ2n) is 4.23. The van der Waals surface area contributed by atoms with Crippen molar-refractivity contribution in [1.82, 2.24) is 19.7 Å². The zero-order valence-corrected chi connectivity index (χ0v) is 10.9. The minimum Gasteiger partial charge on any atom is -0.383 e. The molecule has 0 saturated carbocycles. The van der Waals surface area contributed by atoms with Gasteiger partial charge in [0.2, 0.25) is 0 Å². The maximum Gasteiger partial charge on any atom is 0.269 e. The molecule has 4 N–H and O–H groups in total. The number of nitrogen functional groups attached to an aromatic ring is 1. The fraction of sp³-hybridized carbons (Fsp3) is 0.333. The molecule has 100 valence electrons. The maximum atomic E-state index is 11.1. The first-order valence-corrected chi connectivity index (χ1v) is 6.01. The van der Waals surface area contributed by atoms with Gasteiger partial charge in [-0.05, 0) is 19.4 Å². The Morgan fingerprint density at radius 1 is 1.42 bits per heavy atom. The summed E-state index contributed by atoms with van der Waals surface area (Å²) in [6.45, 7) is 3.85. The summed E-state index contributed by atoms with van der Waals surface area (Å²) in [5.41, 5.74) is 12.0. The highest BCUT2D eigenvalue weighted by Gasteiger charge is 2.13. The molecule has 2 aromatic heterocycles. The van der Waals surface area contributed by atoms with Crippen molar-refractivity contribution < 1.29 is 4.79 Å². The first-order chi connectivity index (χ1) is 9.02. The molecule has 0 fully saturated rings. The predicted molar refractivity (Wildman–Crippen MR) is 70.8 cm³/mol. The van der Waals surface area contributed by atoms with Gasteiger partial charge in [0.15, 0.2) is 5.82 Å². The van der Waals surface area contributed by atoms with Crippen molar-refractivity contribution in [3.05, 3.63) is 29.3 Å². The van der Waals surface area contributed by atoms with Crippen LogP contribution in [0.4, 0.5) is 5.82 Å². The fourth-order valence-corrected chi connectivity index (χ4v) is 1.70. The molecule has 0 spiro atoms. The topological polar surface area (TPSA) is 113 Å². The third kappa shape index (κ3) is 2.54. The molecule has 7 heteroatoms. The average Bonchev–Trinajstić information content (AvgIpc) is 2.83. The maximum absolute atomic E-state index is 11.1. The lowest BCUT2D eigenvalue weighted by Crippen LogP contribution is -2.14. The molecule has 0 saturated heterocycles. The van der Waals surface area contributed by atoms with Crippen molar-refractivity contribution in [2.45, 2.75) is 26.7 Å². The molecule has 2 rings (SSSR count). The number of primary amides is 1. The van der Waals surface area contributed by atoms with E-state index in [4.69, 9.17) is 11.5 Å². The Kier molecular flexibility index (Phi) is 3.46. The summed E-state index contributed by atoms with van der Waals surface area (Å²) in [6.07, 6.45) is 3.29. The fourth-order valence-electron chi connectivity index (χ4n) is 1.70. The first kappa shape index (κ1) is 13.0. The van der Waals surface area contributed by atoms with Crippen LogP contribution in [0, 0.1) is 6.92 Å². The minimum atomic E-state index is -0.577. The van der Waals surface area contributed by atoms with E-state index in [-0.39, 0.29) is 5.69 Å². The van der Waals surface area contributed by atoms with Gasteiger partial charge in [0.25, 0.3) is 5.91 Å². The van der Waals surface area contributed by atoms with E-state index in [0.717, 1.165) is 18.4 Å². The van der Waals surface area contributed by atoms with Crippen LogP contribution in [0.1, 0.15) is 35.2 Å². The monoisotopic (exact) mass is 260 g/mol. The summed E-state index contributed by atoms with van der Waals surface area (Å²) in [5, 5.41) is 4.08. The van der Waals surface area contributed by atoms with E-state index >= 15 is 0 Å². The third-order valence-electron chi connectivity index (χ3n) is 2.74. The lowest BCUT2D eigenvalue weighted by molar-refractivity contribution is 0.0995. The Hall–Kier alpha value is -2.44. The molecule has 0 aliphatic heterocycles. The van der Waals surface area contributed by atoms with Crippen LogP contribution in [-0.4, -0.2) is 25.7 Å². The molecule has 0 atom stereocenters. The number of rotatable bonds is 4. The molecular weight excluding hydrogens is 244 g/mol. The lowest BCUT2D eigenvalue weighted by atomic mass is 10.2. The van der Waals surface area contributed by atoms with Crippen molar-refractivity contribution >= 4 is 11.7 Å². The van der Waals surface area contributed by atoms with Gasteiger partial charge in [0.1, 0.15) is 17.3 Å². The molecule has 0 radical (unpaired) electrons. The van der Waals surface area contributed by atoms with Crippen molar-refractivity contribution in [2.24, 2.45) is 5.73 Å². The van der Waals surface area contributed by atoms with E-state index in [9.17, 15) is 4.79 Å². The highest BCUT2D eigenvalue weighted by molar-refractivity contribution is 5.90. The molecule has 2 heterocycles. The standard InChI is InChI=1S/C12H16N6O/c1-3-4-9-15-10(13)7(2)12(16-9)18-6-5-8(17-18)11(14)19/h5-6H,3-4H2,1-2H3,(H2,14,19)(H2,13,15,16). The number of carbonyl (C=O) groups excluding carboxylic acids is 1. The molecule has 1 amide bonds. The largest absolute Gasteiger partial charge is 0.383 e. The molecule has 2 aromatic rings. The molecule has 0 aliphatic rings. The van der Waals surface area contributed by atoms with Gasteiger partial charge in [0.05, 0.1) is 0 Å². The Morgan fingerprint density at radius 2 is 2.16 bits per heavy atom. The smallest absolute Gasteiger partial charge is 0.269 e. The molecule has 7 nitrogen and oxygen atoms in total. The average molecular weight is 260 g/mol. The van der Waals surface area contributed by atoms with Gasteiger partial charge < -0.3 is 11.5 Å². The van der Waals surface area contributed by atoms with Crippen LogP contribution in [0.25, 0.3) is 5.82 Å². The van der Waals surface area contributed by atoms with Gasteiger partial charge in [-0.15, -0.1) is 0 Å². The highest BCUT2D eigenvalue weighted by Crippen LogP contribution is 2.17. The molecular formula is C12H16N6O. The number of carbonyl (C=O) groups is 1. The predicted octanol–water partition coefficient (Wildman–Crippen LogP) is 0.604. The minimum absolute atomic E-state index is 0.189. The molecule has 19 heavy (non-hydrogen) atoms. The summed E-state index contributed by atoms with van der Waals surface area (Å²) in [7, 11) is 0. The van der Waals surface area contributed by atoms with E-state index < -0.39 is 5.91 Å². The van der Waals surface area contributed by atoms with Crippen LogP contribution in [0.2, 0.25) is 0 Å². The van der Waals surface area contributed by atoms with Gasteiger partial charge in [-0.2, -0.15) is 5.10 Å². The number of anilines is 1. The molecule has 0 aromatic carbocycles. The van der Waals surface area contributed by atoms with Crippen LogP contribution in [0.15, 0.2) is 12.3 Å². The van der Waals surface area contributed by atoms with Crippen LogP contribution < -0.4 is 11.5 Å². The van der Waals surface area contributed by atoms with E-state index in [1.807, 2.05) is 13.8 Å². The Balaban J connectivity index is 2.50. The Labute approximate surface area is 110 Å². The van der Waals surface area contributed by atoms with E-state index in [1.54, 1.807) is 12.3 Å². The second-order valence-corrected chi connectivity index (χ2v) is 4.23. The Morgan fingerprint density at radius 3 is 2.74 bits per heavy atom. The van der Waals surface area contributed by atoms with Crippen molar-refractivity contribution in [1.29, 1.82) is 0 Å². The van der Waals surface area contributed by atoms with E-state index in [1.165, 1.54) is 4.68 Å². The van der Waals surface area contributed by atoms with E-state index in [0.29, 0.717) is 17.5 Å². The summed E-state index contributed by atoms with van der Waals surface area (Å²) in [4.78, 5) is 19.7. The number of amides is 1. The van der Waals surface area contributed by atoms with Gasteiger partial charge in [-0.25, -0.2) is 14.6 Å². The van der Waals surface area contributed by atoms with Crippen LogP contribution in [0.3, 0.4) is 0 Å². The Bertz CT molecular complexity index is 619. The van der Waals surface area contributed by atoms with Crippen molar-refractivity contribution in [3.63, 3.8) is 0 Å². The van der Waals surface area contributed by atoms with Crippen LogP contribution >= 0.6 is 0 Å². The van der Waals surface area contributed by atoms with Crippen LogP contribution in [-0.2, 0) is 6.42 Å². The number of nitrogens with zero attached hydrogens (tertiary/aromatic N) is 4. The number of hydrogen-bond acceptors (Lipinski definition) is 5. The third-order valence-corrected chi connectivity index (χ3v) is 2.74. The quantitative estimate of drug-likeness (QED) is 0.836. The molecule has 0 bridgehead atoms.